The van der Waals surface area contributed by atoms with Gasteiger partial charge < -0.3 is 96.5 Å². The van der Waals surface area contributed by atoms with Gasteiger partial charge in [-0.1, -0.05) is 6.07 Å². The summed E-state index contributed by atoms with van der Waals surface area (Å²) in [6, 6.07) is 6.20. The fourth-order valence-electron chi connectivity index (χ4n) is 4.79. The van der Waals surface area contributed by atoms with Crippen molar-refractivity contribution in [3.63, 3.8) is 0 Å². The van der Waals surface area contributed by atoms with Gasteiger partial charge in [0, 0.05) is 17.3 Å². The molecule has 3 heterocycles. The van der Waals surface area contributed by atoms with Crippen LogP contribution in [0.2, 0.25) is 0 Å². The average molecular weight is 798 g/mol. The number of aromatic nitrogens is 1. The van der Waals surface area contributed by atoms with Gasteiger partial charge in [-0.15, -0.1) is 0 Å². The van der Waals surface area contributed by atoms with E-state index in [1.807, 2.05) is 0 Å². The quantitative estimate of drug-likeness (QED) is 0.0931. The fourth-order valence-corrected chi connectivity index (χ4v) is 6.41. The largest absolute Gasteiger partial charge is 1.00 e. The molecule has 238 valence electrons. The topological polar surface area (TPSA) is 337 Å². The molecule has 2 aliphatic heterocycles. The zero-order valence-corrected chi connectivity index (χ0v) is 41.5. The predicted octanol–water partition coefficient (Wildman–Crippen LogP) is -23.8. The minimum absolute atomic E-state index is 0. The molecule has 2 aliphatic rings. The van der Waals surface area contributed by atoms with Crippen molar-refractivity contribution >= 4 is 40.1 Å². The molecule has 4 rings (SSSR count). The van der Waals surface area contributed by atoms with E-state index in [0.717, 1.165) is 0 Å². The number of aliphatic hydroxyl groups is 3. The number of nitrogens with zero attached hydrogens (tertiary/aromatic N) is 1. The summed E-state index contributed by atoms with van der Waals surface area (Å²) in [6.07, 6.45) is -17.0. The average Bonchev–Trinajstić information content (AvgIpc) is 3.42. The smallest absolute Gasteiger partial charge is 0.790 e. The van der Waals surface area contributed by atoms with Gasteiger partial charge in [0.1, 0.15) is 42.7 Å². The van der Waals surface area contributed by atoms with E-state index in [4.69, 9.17) is 24.5 Å². The molecule has 2 saturated heterocycles. The molecular formula is C19H23N2Na6O18P3. The van der Waals surface area contributed by atoms with Crippen LogP contribution in [0.15, 0.2) is 30.5 Å². The Balaban J connectivity index is -0.00000337. The molecule has 48 heavy (non-hydrogen) atoms. The normalized spacial score (nSPS) is 28.8. The second-order valence-corrected chi connectivity index (χ2v) is 12.4. The molecule has 0 saturated carbocycles. The summed E-state index contributed by atoms with van der Waals surface area (Å²) in [5.74, 6) is 0. The van der Waals surface area contributed by atoms with Crippen LogP contribution < -0.4 is 212 Å². The van der Waals surface area contributed by atoms with Gasteiger partial charge in [0.15, 0.2) is 12.5 Å². The van der Waals surface area contributed by atoms with Crippen LogP contribution in [0, 0.1) is 0 Å². The van der Waals surface area contributed by atoms with Gasteiger partial charge in [0.2, 0.25) is 0 Å². The molecule has 2 aromatic rings. The van der Waals surface area contributed by atoms with E-state index in [2.05, 4.69) is 9.05 Å². The summed E-state index contributed by atoms with van der Waals surface area (Å²) in [5, 5.41) is 30.9. The standard InChI is InChI=1S/C19H29N2O18P3.6Na/c20-9-2-1-3-10-8(9)4-5-21(10)18-17(39-42(31,32)33)14(11(6-22)34-18)36-19-13(24)16(38-41(28,29)30)15(12(7-23)35-19)37-40(25,26)27;;;;;;/h1-5,11-19,22-24H,6-7,20H2,(H2,25,26,27)(H2,28,29,30)(H2,31,32,33);;;;;;/q;6*+1/p-6/t11-,12-,13-,14-,15-,16-,17-,18-,19-;;;;;;/m1....../s1. The number of hydrogen-bond acceptors (Lipinski definition) is 19. The Morgan fingerprint density at radius 3 is 1.71 bits per heavy atom. The third-order valence-electron chi connectivity index (χ3n) is 6.37. The second kappa shape index (κ2) is 23.8. The van der Waals surface area contributed by atoms with Crippen molar-refractivity contribution in [2.45, 2.75) is 55.2 Å². The van der Waals surface area contributed by atoms with Crippen LogP contribution in [0.3, 0.4) is 0 Å². The monoisotopic (exact) mass is 798 g/mol. The number of phosphoric acid groups is 3. The molecule has 1 aromatic heterocycles. The Morgan fingerprint density at radius 1 is 0.729 bits per heavy atom. The molecule has 29 heteroatoms. The van der Waals surface area contributed by atoms with E-state index >= 15 is 0 Å². The van der Waals surface area contributed by atoms with Gasteiger partial charge in [-0.2, -0.15) is 0 Å². The summed E-state index contributed by atoms with van der Waals surface area (Å²) in [6.45, 7) is -2.15. The number of phosphoric ester groups is 3. The van der Waals surface area contributed by atoms with Gasteiger partial charge in [-0.3, -0.25) is 0 Å². The third kappa shape index (κ3) is 15.2. The zero-order valence-electron chi connectivity index (χ0n) is 26.8. The Morgan fingerprint density at radius 2 is 1.21 bits per heavy atom. The minimum atomic E-state index is -6.05. The first-order valence-corrected chi connectivity index (χ1v) is 16.1. The molecule has 0 aliphatic carbocycles. The van der Waals surface area contributed by atoms with Crippen molar-refractivity contribution in [3.05, 3.63) is 30.5 Å². The SMILES string of the molecule is Nc1cccc2c1ccn2[C@@H]1O[C@H](CO)[C@@H](O[C@H]2O[C@H](CO)[C@@H](OP(=O)([O-])[O-])[C@H](OP(=O)([O-])[O-])[C@H]2O)[C@H]1OP(=O)([O-])[O-].[Na+].[Na+].[Na+].[Na+].[Na+].[Na+]. The molecule has 9 atom stereocenters. The van der Waals surface area contributed by atoms with Crippen LogP contribution in [0.5, 0.6) is 0 Å². The maximum Gasteiger partial charge on any atom is 1.00 e. The first kappa shape index (κ1) is 57.0. The molecule has 20 nitrogen and oxygen atoms in total. The van der Waals surface area contributed by atoms with Crippen LogP contribution in [-0.4, -0.2) is 82.1 Å². The van der Waals surface area contributed by atoms with Crippen molar-refractivity contribution in [2.75, 3.05) is 18.9 Å². The molecule has 0 spiro atoms. The van der Waals surface area contributed by atoms with Gasteiger partial charge in [0.05, 0.1) is 42.2 Å². The molecule has 0 radical (unpaired) electrons. The van der Waals surface area contributed by atoms with Crippen LogP contribution in [0.25, 0.3) is 10.9 Å². The molecule has 0 unspecified atom stereocenters. The Labute approximate surface area is 406 Å². The van der Waals surface area contributed by atoms with Crippen LogP contribution in [-0.2, 0) is 41.5 Å². The summed E-state index contributed by atoms with van der Waals surface area (Å²) >= 11 is 0. The van der Waals surface area contributed by atoms with E-state index in [0.29, 0.717) is 16.6 Å². The van der Waals surface area contributed by atoms with Crippen molar-refractivity contribution in [1.82, 2.24) is 4.57 Å². The van der Waals surface area contributed by atoms with E-state index in [9.17, 15) is 58.4 Å². The van der Waals surface area contributed by atoms with Crippen molar-refractivity contribution in [2.24, 2.45) is 0 Å². The number of anilines is 1. The van der Waals surface area contributed by atoms with Gasteiger partial charge in [0.25, 0.3) is 0 Å². The predicted molar refractivity (Wildman–Crippen MR) is 121 cm³/mol. The first-order valence-electron chi connectivity index (χ1n) is 11.7. The molecule has 0 bridgehead atoms. The fraction of sp³-hybridized carbons (Fsp3) is 0.579. The maximum absolute atomic E-state index is 11.7. The summed E-state index contributed by atoms with van der Waals surface area (Å²) < 4.78 is 65.2. The molecule has 0 amide bonds. The Bertz CT molecular complexity index is 1420. The summed E-state index contributed by atoms with van der Waals surface area (Å²) in [7, 11) is -17.9. The molecular weight excluding hydrogens is 775 g/mol. The van der Waals surface area contributed by atoms with Crippen molar-refractivity contribution < 1.29 is 264 Å². The number of aliphatic hydroxyl groups excluding tert-OH is 3. The Hall–Kier alpha value is 4.65. The maximum atomic E-state index is 11.7. The van der Waals surface area contributed by atoms with Crippen LogP contribution in [0.1, 0.15) is 6.23 Å². The van der Waals surface area contributed by atoms with Gasteiger partial charge in [-0.25, -0.2) is 0 Å². The van der Waals surface area contributed by atoms with Crippen LogP contribution >= 0.6 is 23.5 Å². The number of ether oxygens (including phenoxy) is 3. The van der Waals surface area contributed by atoms with Gasteiger partial charge in [-0.05, 0) is 18.2 Å². The van der Waals surface area contributed by atoms with E-state index in [-0.39, 0.29) is 177 Å². The van der Waals surface area contributed by atoms with Gasteiger partial charge >= 0.3 is 177 Å². The summed E-state index contributed by atoms with van der Waals surface area (Å²) in [4.78, 5) is 68.6. The number of nitrogen functional groups attached to an aromatic ring is 1. The number of hydrogen-bond donors (Lipinski definition) is 4. The number of rotatable bonds is 11. The van der Waals surface area contributed by atoms with E-state index in [1.54, 1.807) is 18.2 Å². The first-order chi connectivity index (χ1) is 19.4. The molecule has 1 aromatic carbocycles. The van der Waals surface area contributed by atoms with E-state index < -0.39 is 91.9 Å². The Kier molecular flexibility index (Phi) is 28.2. The number of benzene rings is 1. The molecule has 2 fully saturated rings. The number of nitrogens with two attached hydrogens (primary N) is 1. The second-order valence-electron chi connectivity index (χ2n) is 9.12. The third-order valence-corrected chi connectivity index (χ3v) is 7.88. The zero-order chi connectivity index (χ0) is 31.2. The molecule has 5 N–H and O–H groups in total. The van der Waals surface area contributed by atoms with Crippen LogP contribution in [0.4, 0.5) is 5.69 Å². The van der Waals surface area contributed by atoms with E-state index in [1.165, 1.54) is 16.8 Å². The van der Waals surface area contributed by atoms with Crippen molar-refractivity contribution in [1.29, 1.82) is 0 Å². The van der Waals surface area contributed by atoms with Crippen molar-refractivity contribution in [3.8, 4) is 0 Å². The number of fused-ring (bicyclic) bond motifs is 1. The minimum Gasteiger partial charge on any atom is -0.790 e. The summed E-state index contributed by atoms with van der Waals surface area (Å²) in [5.41, 5.74) is 6.63.